The second-order valence-electron chi connectivity index (χ2n) is 6.94. The van der Waals surface area contributed by atoms with Crippen molar-refractivity contribution in [3.8, 4) is 6.07 Å². The molecular formula is C23H21N5O. The number of aromatic nitrogens is 1. The smallest absolute Gasteiger partial charge is 0.257 e. The van der Waals surface area contributed by atoms with Crippen LogP contribution in [-0.4, -0.2) is 24.0 Å². The van der Waals surface area contributed by atoms with Crippen LogP contribution in [0.15, 0.2) is 66.9 Å². The van der Waals surface area contributed by atoms with Gasteiger partial charge in [-0.2, -0.15) is 5.26 Å². The van der Waals surface area contributed by atoms with E-state index in [1.807, 2.05) is 12.1 Å². The Balaban J connectivity index is 1.37. The fourth-order valence-corrected chi connectivity index (χ4v) is 3.31. The van der Waals surface area contributed by atoms with Crippen LogP contribution in [-0.2, 0) is 0 Å². The lowest BCUT2D eigenvalue weighted by molar-refractivity contribution is 0.102. The number of nitrogens with one attached hydrogen (secondary N) is 2. The number of nitrogens with zero attached hydrogens (tertiary/aromatic N) is 3. The van der Waals surface area contributed by atoms with Crippen LogP contribution >= 0.6 is 0 Å². The van der Waals surface area contributed by atoms with Crippen molar-refractivity contribution in [2.45, 2.75) is 12.8 Å². The zero-order chi connectivity index (χ0) is 20.1. The summed E-state index contributed by atoms with van der Waals surface area (Å²) < 4.78 is 0. The van der Waals surface area contributed by atoms with Crippen molar-refractivity contribution in [1.82, 2.24) is 4.98 Å². The summed E-state index contributed by atoms with van der Waals surface area (Å²) >= 11 is 0. The Bertz CT molecular complexity index is 1010. The van der Waals surface area contributed by atoms with Gasteiger partial charge in [-0.25, -0.2) is 4.98 Å². The lowest BCUT2D eigenvalue weighted by atomic mass is 10.2. The van der Waals surface area contributed by atoms with Crippen molar-refractivity contribution in [2.24, 2.45) is 0 Å². The topological polar surface area (TPSA) is 81.0 Å². The monoisotopic (exact) mass is 383 g/mol. The molecule has 0 saturated carbocycles. The Morgan fingerprint density at radius 2 is 1.62 bits per heavy atom. The van der Waals surface area contributed by atoms with E-state index < -0.39 is 0 Å². The molecule has 144 valence electrons. The molecule has 1 aromatic heterocycles. The van der Waals surface area contributed by atoms with Gasteiger partial charge in [0.05, 0.1) is 17.2 Å². The summed E-state index contributed by atoms with van der Waals surface area (Å²) in [6.45, 7) is 2.25. The number of nitriles is 1. The average Bonchev–Trinajstić information content (AvgIpc) is 3.30. The highest BCUT2D eigenvalue weighted by atomic mass is 16.1. The van der Waals surface area contributed by atoms with Crippen molar-refractivity contribution in [1.29, 1.82) is 5.26 Å². The standard InChI is InChI=1S/C23H21N5O/c24-15-17-3-6-20(7-4-17)27-23(29)18-5-12-22(25-16-18)26-19-8-10-21(11-9-19)28-13-1-2-14-28/h3-12,16H,1-2,13-14H2,(H,25,26)(H,27,29). The van der Waals surface area contributed by atoms with E-state index >= 15 is 0 Å². The molecule has 1 fully saturated rings. The zero-order valence-electron chi connectivity index (χ0n) is 15.9. The van der Waals surface area contributed by atoms with Gasteiger partial charge in [0, 0.05) is 36.3 Å². The molecule has 6 nitrogen and oxygen atoms in total. The number of anilines is 4. The molecule has 0 unspecified atom stereocenters. The number of carbonyl (C=O) groups excluding carboxylic acids is 1. The second kappa shape index (κ2) is 8.44. The van der Waals surface area contributed by atoms with E-state index in [1.54, 1.807) is 42.6 Å². The fraction of sp³-hybridized carbons (Fsp3) is 0.174. The summed E-state index contributed by atoms with van der Waals surface area (Å²) in [5.74, 6) is 0.428. The first-order valence-electron chi connectivity index (χ1n) is 9.61. The fourth-order valence-electron chi connectivity index (χ4n) is 3.31. The molecule has 3 aromatic rings. The Hall–Kier alpha value is -3.85. The average molecular weight is 383 g/mol. The largest absolute Gasteiger partial charge is 0.372 e. The van der Waals surface area contributed by atoms with Gasteiger partial charge >= 0.3 is 0 Å². The van der Waals surface area contributed by atoms with Crippen molar-refractivity contribution in [3.05, 3.63) is 78.0 Å². The molecule has 1 aliphatic rings. The highest BCUT2D eigenvalue weighted by Crippen LogP contribution is 2.23. The molecule has 4 rings (SSSR count). The molecule has 1 saturated heterocycles. The summed E-state index contributed by atoms with van der Waals surface area (Å²) in [6.07, 6.45) is 4.06. The molecule has 6 heteroatoms. The highest BCUT2D eigenvalue weighted by molar-refractivity contribution is 6.04. The second-order valence-corrected chi connectivity index (χ2v) is 6.94. The van der Waals surface area contributed by atoms with Gasteiger partial charge in [0.1, 0.15) is 5.82 Å². The first kappa shape index (κ1) is 18.5. The Labute approximate surface area is 169 Å². The first-order chi connectivity index (χ1) is 14.2. The van der Waals surface area contributed by atoms with Crippen LogP contribution < -0.4 is 15.5 Å². The van der Waals surface area contributed by atoms with Crippen LogP contribution in [0.2, 0.25) is 0 Å². The number of carbonyl (C=O) groups is 1. The SMILES string of the molecule is N#Cc1ccc(NC(=O)c2ccc(Nc3ccc(N4CCCC4)cc3)nc2)cc1. The molecular weight excluding hydrogens is 362 g/mol. The van der Waals surface area contributed by atoms with Gasteiger partial charge in [0.25, 0.3) is 5.91 Å². The molecule has 0 aliphatic carbocycles. The van der Waals surface area contributed by atoms with Gasteiger partial charge in [0.2, 0.25) is 0 Å². The Morgan fingerprint density at radius 1 is 0.931 bits per heavy atom. The zero-order valence-corrected chi connectivity index (χ0v) is 15.9. The lowest BCUT2D eigenvalue weighted by Gasteiger charge is -2.17. The molecule has 0 spiro atoms. The van der Waals surface area contributed by atoms with Crippen molar-refractivity contribution < 1.29 is 4.79 Å². The lowest BCUT2D eigenvalue weighted by Crippen LogP contribution is -2.17. The normalized spacial score (nSPS) is 13.0. The molecule has 2 aromatic carbocycles. The maximum Gasteiger partial charge on any atom is 0.257 e. The summed E-state index contributed by atoms with van der Waals surface area (Å²) in [5, 5.41) is 14.9. The number of benzene rings is 2. The van der Waals surface area contributed by atoms with Crippen molar-refractivity contribution >= 4 is 28.8 Å². The predicted octanol–water partition coefficient (Wildman–Crippen LogP) is 4.55. The van der Waals surface area contributed by atoms with Crippen LogP contribution in [0.3, 0.4) is 0 Å². The third kappa shape index (κ3) is 4.53. The maximum atomic E-state index is 12.4. The third-order valence-corrected chi connectivity index (χ3v) is 4.91. The molecule has 2 N–H and O–H groups in total. The summed E-state index contributed by atoms with van der Waals surface area (Å²) in [6, 6.07) is 20.6. The number of amides is 1. The van der Waals surface area contributed by atoms with Crippen molar-refractivity contribution in [2.75, 3.05) is 28.6 Å². The van der Waals surface area contributed by atoms with E-state index in [0.29, 0.717) is 22.6 Å². The van der Waals surface area contributed by atoms with Gasteiger partial charge in [0.15, 0.2) is 0 Å². The van der Waals surface area contributed by atoms with E-state index in [4.69, 9.17) is 5.26 Å². The number of pyridine rings is 1. The number of hydrogen-bond acceptors (Lipinski definition) is 5. The summed E-state index contributed by atoms with van der Waals surface area (Å²) in [4.78, 5) is 19.1. The molecule has 0 bridgehead atoms. The number of rotatable bonds is 5. The molecule has 0 atom stereocenters. The minimum Gasteiger partial charge on any atom is -0.372 e. The van der Waals surface area contributed by atoms with Gasteiger partial charge in [-0.15, -0.1) is 0 Å². The minimum atomic E-state index is -0.247. The number of hydrogen-bond donors (Lipinski definition) is 2. The Kier molecular flexibility index (Phi) is 5.39. The molecule has 2 heterocycles. The van der Waals surface area contributed by atoms with E-state index in [1.165, 1.54) is 18.5 Å². The minimum absolute atomic E-state index is 0.247. The van der Waals surface area contributed by atoms with Gasteiger partial charge in [-0.3, -0.25) is 4.79 Å². The van der Waals surface area contributed by atoms with Crippen LogP contribution in [0.1, 0.15) is 28.8 Å². The van der Waals surface area contributed by atoms with Gasteiger partial charge < -0.3 is 15.5 Å². The summed E-state index contributed by atoms with van der Waals surface area (Å²) in [7, 11) is 0. The molecule has 29 heavy (non-hydrogen) atoms. The van der Waals surface area contributed by atoms with Gasteiger partial charge in [-0.1, -0.05) is 0 Å². The molecule has 0 radical (unpaired) electrons. The van der Waals surface area contributed by atoms with E-state index in [2.05, 4.69) is 38.7 Å². The first-order valence-corrected chi connectivity index (χ1v) is 9.61. The van der Waals surface area contributed by atoms with Crippen LogP contribution in [0.25, 0.3) is 0 Å². The van der Waals surface area contributed by atoms with Gasteiger partial charge in [-0.05, 0) is 73.5 Å². The molecule has 1 amide bonds. The Morgan fingerprint density at radius 3 is 2.24 bits per heavy atom. The van der Waals surface area contributed by atoms with Crippen LogP contribution in [0.5, 0.6) is 0 Å². The quantitative estimate of drug-likeness (QED) is 0.676. The predicted molar refractivity (Wildman–Crippen MR) is 115 cm³/mol. The maximum absolute atomic E-state index is 12.4. The van der Waals surface area contributed by atoms with E-state index in [9.17, 15) is 4.79 Å². The van der Waals surface area contributed by atoms with Crippen LogP contribution in [0.4, 0.5) is 22.9 Å². The van der Waals surface area contributed by atoms with E-state index in [0.717, 1.165) is 18.8 Å². The highest BCUT2D eigenvalue weighted by Gasteiger charge is 2.12. The van der Waals surface area contributed by atoms with E-state index in [-0.39, 0.29) is 5.91 Å². The third-order valence-electron chi connectivity index (χ3n) is 4.91. The summed E-state index contributed by atoms with van der Waals surface area (Å²) in [5.41, 5.74) is 3.85. The van der Waals surface area contributed by atoms with Crippen molar-refractivity contribution in [3.63, 3.8) is 0 Å². The molecule has 1 aliphatic heterocycles. The van der Waals surface area contributed by atoms with Crippen LogP contribution in [0, 0.1) is 11.3 Å².